The molecule has 156 valence electrons. The third-order valence-corrected chi connectivity index (χ3v) is 4.99. The lowest BCUT2D eigenvalue weighted by Gasteiger charge is -2.08. The summed E-state index contributed by atoms with van der Waals surface area (Å²) in [5.74, 6) is -0.704. The van der Waals surface area contributed by atoms with Crippen LogP contribution in [0.3, 0.4) is 0 Å². The number of hydrogen-bond acceptors (Lipinski definition) is 6. The Balaban J connectivity index is 2.13. The van der Waals surface area contributed by atoms with Crippen LogP contribution in [0.15, 0.2) is 12.1 Å². The minimum atomic E-state index is -4.62. The van der Waals surface area contributed by atoms with Crippen molar-refractivity contribution in [3.63, 3.8) is 0 Å². The molecule has 0 unspecified atom stereocenters. The number of rotatable bonds is 2. The summed E-state index contributed by atoms with van der Waals surface area (Å²) in [6, 6.07) is 2.43. The van der Waals surface area contributed by atoms with Gasteiger partial charge in [0.15, 0.2) is 17.0 Å². The van der Waals surface area contributed by atoms with Gasteiger partial charge in [-0.3, -0.25) is 4.68 Å². The van der Waals surface area contributed by atoms with Gasteiger partial charge in [0.2, 0.25) is 0 Å². The maximum atomic E-state index is 13.2. The van der Waals surface area contributed by atoms with E-state index in [9.17, 15) is 18.0 Å². The van der Waals surface area contributed by atoms with Crippen LogP contribution in [0.5, 0.6) is 0 Å². The Labute approximate surface area is 168 Å². The van der Waals surface area contributed by atoms with Crippen molar-refractivity contribution in [1.29, 1.82) is 0 Å². The number of methoxy groups -OCH3 is 1. The Morgan fingerprint density at radius 3 is 2.37 bits per heavy atom. The van der Waals surface area contributed by atoms with E-state index in [1.807, 2.05) is 13.8 Å². The maximum Gasteiger partial charge on any atom is 0.433 e. The third kappa shape index (κ3) is 2.88. The molecule has 11 heteroatoms. The van der Waals surface area contributed by atoms with Gasteiger partial charge in [0.25, 0.3) is 0 Å². The van der Waals surface area contributed by atoms with Gasteiger partial charge in [-0.1, -0.05) is 0 Å². The largest absolute Gasteiger partial charge is 0.464 e. The highest BCUT2D eigenvalue weighted by molar-refractivity contribution is 5.97. The van der Waals surface area contributed by atoms with Gasteiger partial charge in [-0.05, 0) is 38.5 Å². The second-order valence-electron chi connectivity index (χ2n) is 6.94. The highest BCUT2D eigenvalue weighted by atomic mass is 19.4. The second-order valence-corrected chi connectivity index (χ2v) is 6.94. The molecule has 0 aliphatic rings. The summed E-state index contributed by atoms with van der Waals surface area (Å²) in [6.45, 7) is 5.19. The van der Waals surface area contributed by atoms with Crippen LogP contribution in [0.4, 0.5) is 13.2 Å². The number of esters is 1. The van der Waals surface area contributed by atoms with Crippen molar-refractivity contribution in [2.24, 2.45) is 7.05 Å². The van der Waals surface area contributed by atoms with Crippen molar-refractivity contribution in [3.05, 3.63) is 40.5 Å². The van der Waals surface area contributed by atoms with Crippen molar-refractivity contribution >= 4 is 22.6 Å². The van der Waals surface area contributed by atoms with Gasteiger partial charge in [0.1, 0.15) is 5.69 Å². The minimum Gasteiger partial charge on any atom is -0.464 e. The van der Waals surface area contributed by atoms with E-state index in [0.29, 0.717) is 22.3 Å². The van der Waals surface area contributed by atoms with E-state index in [0.717, 1.165) is 17.3 Å². The first kappa shape index (κ1) is 19.8. The number of alkyl halides is 3. The van der Waals surface area contributed by atoms with E-state index in [2.05, 4.69) is 20.2 Å². The maximum absolute atomic E-state index is 13.2. The van der Waals surface area contributed by atoms with Crippen molar-refractivity contribution in [2.45, 2.75) is 26.9 Å². The lowest BCUT2D eigenvalue weighted by atomic mass is 10.1. The normalized spacial score (nSPS) is 12.1. The molecule has 0 aliphatic carbocycles. The van der Waals surface area contributed by atoms with Crippen LogP contribution in [0.1, 0.15) is 33.1 Å². The van der Waals surface area contributed by atoms with Crippen LogP contribution < -0.4 is 0 Å². The summed E-state index contributed by atoms with van der Waals surface area (Å²) >= 11 is 0. The first-order valence-corrected chi connectivity index (χ1v) is 8.90. The van der Waals surface area contributed by atoms with Crippen LogP contribution in [-0.4, -0.2) is 42.4 Å². The van der Waals surface area contributed by atoms with Crippen molar-refractivity contribution in [1.82, 2.24) is 29.4 Å². The molecule has 4 heterocycles. The zero-order valence-electron chi connectivity index (χ0n) is 16.8. The molecule has 30 heavy (non-hydrogen) atoms. The molecule has 0 N–H and O–H groups in total. The molecule has 0 spiro atoms. The molecule has 0 saturated carbocycles. The smallest absolute Gasteiger partial charge is 0.433 e. The summed E-state index contributed by atoms with van der Waals surface area (Å²) in [7, 11) is 3.00. The van der Waals surface area contributed by atoms with E-state index >= 15 is 0 Å². The van der Waals surface area contributed by atoms with Gasteiger partial charge >= 0.3 is 12.1 Å². The predicted octanol–water partition coefficient (Wildman–Crippen LogP) is 3.41. The predicted molar refractivity (Wildman–Crippen MR) is 101 cm³/mol. The number of pyridine rings is 1. The molecular formula is C19H17F3N6O2. The lowest BCUT2D eigenvalue weighted by molar-refractivity contribution is -0.141. The van der Waals surface area contributed by atoms with E-state index in [1.54, 1.807) is 11.7 Å². The molecule has 0 saturated heterocycles. The molecule has 4 rings (SSSR count). The van der Waals surface area contributed by atoms with Crippen molar-refractivity contribution < 1.29 is 22.7 Å². The standard InChI is InChI=1S/C19H17F3N6O2/c1-8-6-13(19(20,21)22)24-16-14(8)17-23-11(15-9(2)25-27(4)10(15)3)7-12(18(29)30-5)28(17)26-16/h6-7H,1-5H3. The molecular weight excluding hydrogens is 401 g/mol. The Morgan fingerprint density at radius 2 is 1.80 bits per heavy atom. The SMILES string of the molecule is COC(=O)c1cc(-c2c(C)nn(C)c2C)nc2c3c(C)cc(C(F)(F)F)nc3nn12. The number of carbonyl (C=O) groups excluding carboxylic acids is 1. The summed E-state index contributed by atoms with van der Waals surface area (Å²) in [5.41, 5.74) is 1.98. The zero-order chi connectivity index (χ0) is 22.0. The Kier molecular flexibility index (Phi) is 4.29. The topological polar surface area (TPSA) is 87.2 Å². The van der Waals surface area contributed by atoms with Crippen molar-refractivity contribution in [2.75, 3.05) is 7.11 Å². The van der Waals surface area contributed by atoms with Gasteiger partial charge < -0.3 is 4.74 Å². The number of aryl methyl sites for hydroxylation is 3. The van der Waals surface area contributed by atoms with Crippen LogP contribution in [0.25, 0.3) is 27.9 Å². The first-order valence-electron chi connectivity index (χ1n) is 8.90. The molecule has 0 amide bonds. The molecule has 8 nitrogen and oxygen atoms in total. The van der Waals surface area contributed by atoms with Gasteiger partial charge in [-0.15, -0.1) is 5.10 Å². The van der Waals surface area contributed by atoms with Crippen LogP contribution in [0, 0.1) is 20.8 Å². The Bertz CT molecular complexity index is 1340. The molecule has 0 radical (unpaired) electrons. The van der Waals surface area contributed by atoms with Gasteiger partial charge in [-0.2, -0.15) is 18.3 Å². The summed E-state index contributed by atoms with van der Waals surface area (Å²) in [6.07, 6.45) is -4.62. The van der Waals surface area contributed by atoms with E-state index in [4.69, 9.17) is 4.74 Å². The molecule has 0 atom stereocenters. The number of ether oxygens (including phenoxy) is 1. The zero-order valence-corrected chi connectivity index (χ0v) is 16.8. The van der Waals surface area contributed by atoms with Gasteiger partial charge in [-0.25, -0.2) is 19.3 Å². The number of carbonyl (C=O) groups is 1. The molecule has 0 bridgehead atoms. The third-order valence-electron chi connectivity index (χ3n) is 4.99. The quantitative estimate of drug-likeness (QED) is 0.464. The number of nitrogens with zero attached hydrogens (tertiary/aromatic N) is 6. The first-order chi connectivity index (χ1) is 14.0. The Hall–Kier alpha value is -3.50. The van der Waals surface area contributed by atoms with Crippen LogP contribution in [-0.2, 0) is 18.0 Å². The average molecular weight is 418 g/mol. The monoisotopic (exact) mass is 418 g/mol. The lowest BCUT2D eigenvalue weighted by Crippen LogP contribution is -2.11. The fourth-order valence-electron chi connectivity index (χ4n) is 3.53. The van der Waals surface area contributed by atoms with Crippen molar-refractivity contribution in [3.8, 4) is 11.3 Å². The van der Waals surface area contributed by atoms with E-state index in [1.165, 1.54) is 24.6 Å². The second kappa shape index (κ2) is 6.51. The summed E-state index contributed by atoms with van der Waals surface area (Å²) in [5, 5.41) is 8.82. The Morgan fingerprint density at radius 1 is 1.10 bits per heavy atom. The van der Waals surface area contributed by atoms with Gasteiger partial charge in [0.05, 0.1) is 23.9 Å². The molecule has 0 fully saturated rings. The average Bonchev–Trinajstić information content (AvgIpc) is 3.16. The number of aromatic nitrogens is 6. The number of hydrogen-bond donors (Lipinski definition) is 0. The molecule has 0 aromatic carbocycles. The fourth-order valence-corrected chi connectivity index (χ4v) is 3.53. The van der Waals surface area contributed by atoms with Gasteiger partial charge in [0, 0.05) is 18.3 Å². The number of halogens is 3. The fraction of sp³-hybridized carbons (Fsp3) is 0.316. The molecule has 4 aromatic rings. The number of fused-ring (bicyclic) bond motifs is 3. The minimum absolute atomic E-state index is 0.0195. The summed E-state index contributed by atoms with van der Waals surface area (Å²) in [4.78, 5) is 20.7. The molecule has 0 aliphatic heterocycles. The van der Waals surface area contributed by atoms with Crippen LogP contribution >= 0.6 is 0 Å². The van der Waals surface area contributed by atoms with Crippen LogP contribution in [0.2, 0.25) is 0 Å². The van der Waals surface area contributed by atoms with E-state index in [-0.39, 0.29) is 17.0 Å². The molecule has 4 aromatic heterocycles. The highest BCUT2D eigenvalue weighted by Crippen LogP contribution is 2.33. The highest BCUT2D eigenvalue weighted by Gasteiger charge is 2.34. The summed E-state index contributed by atoms with van der Waals surface area (Å²) < 4.78 is 47.3. The van der Waals surface area contributed by atoms with E-state index < -0.39 is 17.8 Å².